The molecule has 2 aromatic rings. The third-order valence-corrected chi connectivity index (χ3v) is 5.01. The lowest BCUT2D eigenvalue weighted by atomic mass is 10.1. The monoisotopic (exact) mass is 404 g/mol. The average molecular weight is 404 g/mol. The maximum Gasteiger partial charge on any atom is 0.335 e. The highest BCUT2D eigenvalue weighted by molar-refractivity contribution is 5.13. The van der Waals surface area contributed by atoms with Crippen molar-refractivity contribution < 1.29 is 24.1 Å². The van der Waals surface area contributed by atoms with Crippen LogP contribution in [0.3, 0.4) is 0 Å². The number of fused-ring (bicyclic) bond motifs is 1. The highest BCUT2D eigenvalue weighted by Gasteiger charge is 2.55. The Hall–Kier alpha value is -2.30. The first-order valence-electron chi connectivity index (χ1n) is 9.45. The lowest BCUT2D eigenvalue weighted by Gasteiger charge is -2.24. The average Bonchev–Trinajstić information content (AvgIpc) is 3.18. The second-order valence-electron chi connectivity index (χ2n) is 7.55. The van der Waals surface area contributed by atoms with Gasteiger partial charge in [0.15, 0.2) is 12.0 Å². The third kappa shape index (κ3) is 3.92. The van der Waals surface area contributed by atoms with Crippen LogP contribution in [0.1, 0.15) is 25.6 Å². The molecular weight excluding hydrogens is 380 g/mol. The van der Waals surface area contributed by atoms with Crippen molar-refractivity contribution in [2.45, 2.75) is 57.5 Å². The van der Waals surface area contributed by atoms with Crippen molar-refractivity contribution in [2.24, 2.45) is 0 Å². The Bertz CT molecular complexity index is 969. The molecule has 3 heterocycles. The maximum absolute atomic E-state index is 13.0. The van der Waals surface area contributed by atoms with E-state index in [0.717, 1.165) is 10.1 Å². The van der Waals surface area contributed by atoms with Gasteiger partial charge in [-0.15, -0.1) is 0 Å². The molecule has 1 aromatic carbocycles. The van der Waals surface area contributed by atoms with Crippen molar-refractivity contribution in [2.75, 3.05) is 6.61 Å². The fourth-order valence-electron chi connectivity index (χ4n) is 3.70. The number of rotatable bonds is 6. The lowest BCUT2D eigenvalue weighted by Crippen LogP contribution is -2.43. The lowest BCUT2D eigenvalue weighted by molar-refractivity contribution is -0.200. The number of aliphatic hydroxyl groups is 1. The molecule has 2 saturated heterocycles. The maximum atomic E-state index is 13.0. The quantitative estimate of drug-likeness (QED) is 0.752. The minimum Gasteiger partial charge on any atom is -0.394 e. The molecule has 0 aliphatic carbocycles. The van der Waals surface area contributed by atoms with Crippen molar-refractivity contribution in [3.8, 4) is 0 Å². The zero-order valence-electron chi connectivity index (χ0n) is 16.3. The van der Waals surface area contributed by atoms with Crippen LogP contribution in [-0.2, 0) is 32.3 Å². The molecule has 0 spiro atoms. The van der Waals surface area contributed by atoms with Crippen LogP contribution in [0, 0.1) is 0 Å². The van der Waals surface area contributed by atoms with E-state index in [1.807, 2.05) is 30.3 Å². The van der Waals surface area contributed by atoms with E-state index in [9.17, 15) is 14.7 Å². The van der Waals surface area contributed by atoms with E-state index in [4.69, 9.17) is 18.9 Å². The van der Waals surface area contributed by atoms with Gasteiger partial charge in [0, 0.05) is 12.3 Å². The van der Waals surface area contributed by atoms with Crippen LogP contribution in [0.15, 0.2) is 52.2 Å². The summed E-state index contributed by atoms with van der Waals surface area (Å²) in [4.78, 5) is 25.2. The molecule has 2 aliphatic rings. The number of aromatic nitrogens is 2. The summed E-state index contributed by atoms with van der Waals surface area (Å²) in [5, 5.41) is 9.62. The van der Waals surface area contributed by atoms with Gasteiger partial charge in [-0.05, 0) is 19.4 Å². The normalized spacial score (nSPS) is 27.8. The minimum absolute atomic E-state index is 0.194. The van der Waals surface area contributed by atoms with E-state index in [2.05, 4.69) is 0 Å². The molecule has 1 N–H and O–H groups in total. The Morgan fingerprint density at radius 2 is 1.83 bits per heavy atom. The molecule has 4 atom stereocenters. The number of hydrogen-bond acceptors (Lipinski definition) is 7. The molecule has 2 fully saturated rings. The molecule has 0 saturated carbocycles. The second-order valence-corrected chi connectivity index (χ2v) is 7.55. The summed E-state index contributed by atoms with van der Waals surface area (Å²) in [5.41, 5.74) is -0.124. The molecule has 2 unspecified atom stereocenters. The molecule has 1 aromatic heterocycles. The number of aliphatic hydroxyl groups excluding tert-OH is 1. The van der Waals surface area contributed by atoms with E-state index < -0.39 is 41.6 Å². The summed E-state index contributed by atoms with van der Waals surface area (Å²) in [6.07, 6.45) is -1.19. The molecule has 4 rings (SSSR count). The van der Waals surface area contributed by atoms with Gasteiger partial charge < -0.3 is 24.1 Å². The summed E-state index contributed by atoms with van der Waals surface area (Å²) >= 11 is 0. The molecule has 0 radical (unpaired) electrons. The Kier molecular flexibility index (Phi) is 5.41. The predicted octanol–water partition coefficient (Wildman–Crippen LogP) is 0.594. The highest BCUT2D eigenvalue weighted by Crippen LogP contribution is 2.42. The van der Waals surface area contributed by atoms with Gasteiger partial charge in [-0.3, -0.25) is 9.36 Å². The van der Waals surface area contributed by atoms with Gasteiger partial charge in [0.25, 0.3) is 5.56 Å². The summed E-state index contributed by atoms with van der Waals surface area (Å²) < 4.78 is 25.4. The van der Waals surface area contributed by atoms with Gasteiger partial charge >= 0.3 is 5.69 Å². The smallest absolute Gasteiger partial charge is 0.335 e. The van der Waals surface area contributed by atoms with E-state index in [1.54, 1.807) is 13.8 Å². The number of nitrogens with zero attached hydrogens (tertiary/aromatic N) is 2. The standard InChI is InChI=1S/C20H24N2O7/c1-20(2)28-16-14(10-23)27-18(17(16)29-20)21-9-8-15(24)22(19(21)25)12-26-11-13-6-4-3-5-7-13/h3-9,14,16-18,23H,10-12H2,1-2H3/t14-,16?,17?,18-/m1/s1. The SMILES string of the molecule is CC1(C)OC2C(O1)[C@@H](CO)O[C@H]2n1ccc(=O)n(COCc2ccccc2)c1=O. The topological polar surface area (TPSA) is 101 Å². The Balaban J connectivity index is 1.56. The molecule has 2 aliphatic heterocycles. The molecule has 156 valence electrons. The zero-order valence-corrected chi connectivity index (χ0v) is 16.3. The molecular formula is C20H24N2O7. The van der Waals surface area contributed by atoms with E-state index in [0.29, 0.717) is 0 Å². The van der Waals surface area contributed by atoms with Crippen LogP contribution in [0.4, 0.5) is 0 Å². The van der Waals surface area contributed by atoms with Crippen LogP contribution in [0.5, 0.6) is 0 Å². The predicted molar refractivity (Wildman–Crippen MR) is 101 cm³/mol. The number of benzene rings is 1. The van der Waals surface area contributed by atoms with Crippen molar-refractivity contribution in [1.82, 2.24) is 9.13 Å². The van der Waals surface area contributed by atoms with E-state index >= 15 is 0 Å². The summed E-state index contributed by atoms with van der Waals surface area (Å²) in [5.74, 6) is -0.859. The molecule has 9 heteroatoms. The van der Waals surface area contributed by atoms with Gasteiger partial charge in [-0.25, -0.2) is 9.36 Å². The summed E-state index contributed by atoms with van der Waals surface area (Å²) in [7, 11) is 0. The Morgan fingerprint density at radius 3 is 2.55 bits per heavy atom. The highest BCUT2D eigenvalue weighted by atomic mass is 16.8. The molecule has 0 amide bonds. The summed E-state index contributed by atoms with van der Waals surface area (Å²) in [6, 6.07) is 10.7. The van der Waals surface area contributed by atoms with Crippen molar-refractivity contribution in [3.63, 3.8) is 0 Å². The van der Waals surface area contributed by atoms with Crippen LogP contribution < -0.4 is 11.2 Å². The van der Waals surface area contributed by atoms with E-state index in [1.165, 1.54) is 16.8 Å². The number of hydrogen-bond donors (Lipinski definition) is 1. The first-order chi connectivity index (χ1) is 13.9. The summed E-state index contributed by atoms with van der Waals surface area (Å²) in [6.45, 7) is 3.33. The fraction of sp³-hybridized carbons (Fsp3) is 0.500. The van der Waals surface area contributed by atoms with Crippen LogP contribution in [0.25, 0.3) is 0 Å². The van der Waals surface area contributed by atoms with Crippen molar-refractivity contribution in [1.29, 1.82) is 0 Å². The van der Waals surface area contributed by atoms with Crippen molar-refractivity contribution >= 4 is 0 Å². The number of ether oxygens (including phenoxy) is 4. The van der Waals surface area contributed by atoms with Crippen molar-refractivity contribution in [3.05, 3.63) is 69.0 Å². The zero-order chi connectivity index (χ0) is 20.6. The Labute approximate surface area is 167 Å². The first kappa shape index (κ1) is 20.0. The van der Waals surface area contributed by atoms with Gasteiger partial charge in [0.1, 0.15) is 25.0 Å². The van der Waals surface area contributed by atoms with Gasteiger partial charge in [-0.1, -0.05) is 30.3 Å². The van der Waals surface area contributed by atoms with E-state index in [-0.39, 0.29) is 19.9 Å². The molecule has 9 nitrogen and oxygen atoms in total. The second kappa shape index (κ2) is 7.85. The molecule has 29 heavy (non-hydrogen) atoms. The Morgan fingerprint density at radius 1 is 1.10 bits per heavy atom. The third-order valence-electron chi connectivity index (χ3n) is 5.01. The van der Waals surface area contributed by atoms with Gasteiger partial charge in [0.2, 0.25) is 0 Å². The van der Waals surface area contributed by atoms with Crippen LogP contribution >= 0.6 is 0 Å². The fourth-order valence-corrected chi connectivity index (χ4v) is 3.70. The van der Waals surface area contributed by atoms with Gasteiger partial charge in [0.05, 0.1) is 13.2 Å². The van der Waals surface area contributed by atoms with Crippen LogP contribution in [-0.4, -0.2) is 44.9 Å². The van der Waals surface area contributed by atoms with Crippen LogP contribution in [0.2, 0.25) is 0 Å². The largest absolute Gasteiger partial charge is 0.394 e. The first-order valence-corrected chi connectivity index (χ1v) is 9.45. The minimum atomic E-state index is -0.859. The van der Waals surface area contributed by atoms with Gasteiger partial charge in [-0.2, -0.15) is 0 Å². The molecule has 0 bridgehead atoms.